The number of hydrogen-bond donors (Lipinski definition) is 0. The number of aldehydes is 1. The Morgan fingerprint density at radius 1 is 1.50 bits per heavy atom. The molecule has 0 aliphatic rings. The first-order valence-corrected chi connectivity index (χ1v) is 5.55. The van der Waals surface area contributed by atoms with Crippen molar-refractivity contribution in [1.29, 1.82) is 0 Å². The molecule has 0 fully saturated rings. The number of carbonyl (C=O) groups excluding carboxylic acids is 1. The lowest BCUT2D eigenvalue weighted by molar-refractivity contribution is 0.112. The number of aromatic nitrogens is 4. The van der Waals surface area contributed by atoms with Crippen molar-refractivity contribution in [2.24, 2.45) is 7.05 Å². The maximum absolute atomic E-state index is 10.5. The zero-order chi connectivity index (χ0) is 11.5. The van der Waals surface area contributed by atoms with Gasteiger partial charge >= 0.3 is 0 Å². The first kappa shape index (κ1) is 11.1. The fourth-order valence-corrected chi connectivity index (χ4v) is 2.12. The van der Waals surface area contributed by atoms with Gasteiger partial charge in [0.05, 0.1) is 5.02 Å². The van der Waals surface area contributed by atoms with E-state index in [9.17, 15) is 4.79 Å². The van der Waals surface area contributed by atoms with Crippen LogP contribution in [0.2, 0.25) is 5.02 Å². The number of aryl methyl sites for hydroxylation is 1. The molecule has 5 nitrogen and oxygen atoms in total. The molecule has 0 saturated carbocycles. The number of rotatable bonds is 3. The van der Waals surface area contributed by atoms with Gasteiger partial charge in [0.2, 0.25) is 5.16 Å². The fraction of sp³-hybridized carbons (Fsp3) is 0.111. The van der Waals surface area contributed by atoms with Gasteiger partial charge in [0.1, 0.15) is 6.29 Å². The summed E-state index contributed by atoms with van der Waals surface area (Å²) in [5, 5.41) is 12.2. The molecule has 1 aromatic carbocycles. The van der Waals surface area contributed by atoms with E-state index >= 15 is 0 Å². The van der Waals surface area contributed by atoms with Crippen molar-refractivity contribution in [3.05, 3.63) is 28.8 Å². The van der Waals surface area contributed by atoms with Gasteiger partial charge in [0.25, 0.3) is 0 Å². The Morgan fingerprint density at radius 3 is 2.88 bits per heavy atom. The molecule has 82 valence electrons. The van der Waals surface area contributed by atoms with Gasteiger partial charge in [0, 0.05) is 17.5 Å². The standard InChI is InChI=1S/C9H7ClN4OS/c1-14-9(11-12-13-14)16-8-3-2-6(5-15)4-7(8)10/h2-5H,1H3. The minimum atomic E-state index is 0.512. The highest BCUT2D eigenvalue weighted by atomic mass is 35.5. The largest absolute Gasteiger partial charge is 0.298 e. The summed E-state index contributed by atoms with van der Waals surface area (Å²) in [5.74, 6) is 0. The minimum absolute atomic E-state index is 0.512. The summed E-state index contributed by atoms with van der Waals surface area (Å²) in [6.07, 6.45) is 0.754. The van der Waals surface area contributed by atoms with Gasteiger partial charge in [0.15, 0.2) is 0 Å². The molecule has 0 bridgehead atoms. The van der Waals surface area contributed by atoms with Crippen LogP contribution in [0, 0.1) is 0 Å². The van der Waals surface area contributed by atoms with Crippen LogP contribution in [0.3, 0.4) is 0 Å². The highest BCUT2D eigenvalue weighted by Gasteiger charge is 2.08. The van der Waals surface area contributed by atoms with Crippen molar-refractivity contribution in [2.75, 3.05) is 0 Å². The maximum atomic E-state index is 10.5. The van der Waals surface area contributed by atoms with Crippen molar-refractivity contribution in [1.82, 2.24) is 20.2 Å². The molecule has 0 aliphatic heterocycles. The molecule has 0 aliphatic carbocycles. The van der Waals surface area contributed by atoms with Crippen LogP contribution >= 0.6 is 23.4 Å². The van der Waals surface area contributed by atoms with E-state index in [1.165, 1.54) is 11.8 Å². The van der Waals surface area contributed by atoms with E-state index in [1.807, 2.05) is 0 Å². The average molecular weight is 255 g/mol. The Labute approximate surface area is 101 Å². The first-order valence-electron chi connectivity index (χ1n) is 4.35. The third-order valence-corrected chi connectivity index (χ3v) is 3.40. The Hall–Kier alpha value is -1.40. The third-order valence-electron chi connectivity index (χ3n) is 1.87. The smallest absolute Gasteiger partial charge is 0.213 e. The molecule has 0 spiro atoms. The Morgan fingerprint density at radius 2 is 2.31 bits per heavy atom. The van der Waals surface area contributed by atoms with Gasteiger partial charge in [-0.3, -0.25) is 4.79 Å². The lowest BCUT2D eigenvalue weighted by Crippen LogP contribution is -1.93. The fourth-order valence-electron chi connectivity index (χ4n) is 1.08. The van der Waals surface area contributed by atoms with E-state index in [0.717, 1.165) is 11.2 Å². The van der Waals surface area contributed by atoms with Crippen LogP contribution in [0.5, 0.6) is 0 Å². The van der Waals surface area contributed by atoms with Crippen molar-refractivity contribution in [3.63, 3.8) is 0 Å². The molecule has 2 aromatic rings. The van der Waals surface area contributed by atoms with Gasteiger partial charge in [-0.25, -0.2) is 4.68 Å². The Balaban J connectivity index is 2.29. The summed E-state index contributed by atoms with van der Waals surface area (Å²) >= 11 is 7.37. The van der Waals surface area contributed by atoms with Gasteiger partial charge in [-0.2, -0.15) is 0 Å². The molecule has 16 heavy (non-hydrogen) atoms. The van der Waals surface area contributed by atoms with Crippen LogP contribution in [-0.4, -0.2) is 26.5 Å². The number of halogens is 1. The van der Waals surface area contributed by atoms with Crippen LogP contribution in [0.15, 0.2) is 28.3 Å². The van der Waals surface area contributed by atoms with E-state index in [1.54, 1.807) is 29.9 Å². The Bertz CT molecular complexity index is 528. The lowest BCUT2D eigenvalue weighted by atomic mass is 10.2. The summed E-state index contributed by atoms with van der Waals surface area (Å²) in [6.45, 7) is 0. The topological polar surface area (TPSA) is 60.7 Å². The molecule has 7 heteroatoms. The highest BCUT2D eigenvalue weighted by molar-refractivity contribution is 7.99. The number of hydrogen-bond acceptors (Lipinski definition) is 5. The molecule has 0 unspecified atom stereocenters. The van der Waals surface area contributed by atoms with Gasteiger partial charge in [-0.15, -0.1) is 5.10 Å². The molecule has 0 amide bonds. The summed E-state index contributed by atoms with van der Waals surface area (Å²) < 4.78 is 1.55. The molecule has 1 heterocycles. The van der Waals surface area contributed by atoms with Gasteiger partial charge in [-0.05, 0) is 34.3 Å². The molecule has 1 aromatic heterocycles. The van der Waals surface area contributed by atoms with Crippen LogP contribution < -0.4 is 0 Å². The second-order valence-corrected chi connectivity index (χ2v) is 4.41. The van der Waals surface area contributed by atoms with Crippen LogP contribution in [0.4, 0.5) is 0 Å². The summed E-state index contributed by atoms with van der Waals surface area (Å²) in [5.41, 5.74) is 0.547. The number of tetrazole rings is 1. The zero-order valence-corrected chi connectivity index (χ0v) is 9.87. The van der Waals surface area contributed by atoms with Gasteiger partial charge in [-0.1, -0.05) is 17.7 Å². The second-order valence-electron chi connectivity index (χ2n) is 2.99. The zero-order valence-electron chi connectivity index (χ0n) is 8.29. The van der Waals surface area contributed by atoms with Crippen molar-refractivity contribution in [2.45, 2.75) is 10.1 Å². The molecule has 0 saturated heterocycles. The van der Waals surface area contributed by atoms with Crippen molar-refractivity contribution < 1.29 is 4.79 Å². The number of carbonyl (C=O) groups is 1. The maximum Gasteiger partial charge on any atom is 0.213 e. The molecular formula is C9H7ClN4OS. The van der Waals surface area contributed by atoms with E-state index in [4.69, 9.17) is 11.6 Å². The normalized spacial score (nSPS) is 10.4. The summed E-state index contributed by atoms with van der Waals surface area (Å²) in [4.78, 5) is 11.3. The highest BCUT2D eigenvalue weighted by Crippen LogP contribution is 2.31. The lowest BCUT2D eigenvalue weighted by Gasteiger charge is -2.02. The monoisotopic (exact) mass is 254 g/mol. The molecule has 2 rings (SSSR count). The quantitative estimate of drug-likeness (QED) is 0.782. The molecular weight excluding hydrogens is 248 g/mol. The number of nitrogens with zero attached hydrogens (tertiary/aromatic N) is 4. The summed E-state index contributed by atoms with van der Waals surface area (Å²) in [7, 11) is 1.75. The van der Waals surface area contributed by atoms with Crippen LogP contribution in [-0.2, 0) is 7.05 Å². The third kappa shape index (κ3) is 2.23. The molecule has 0 atom stereocenters. The SMILES string of the molecule is Cn1nnnc1Sc1ccc(C=O)cc1Cl. The van der Waals surface area contributed by atoms with E-state index in [-0.39, 0.29) is 0 Å². The van der Waals surface area contributed by atoms with Gasteiger partial charge < -0.3 is 0 Å². The van der Waals surface area contributed by atoms with Crippen LogP contribution in [0.25, 0.3) is 0 Å². The first-order chi connectivity index (χ1) is 7.70. The predicted octanol–water partition coefficient (Wildman–Crippen LogP) is 1.83. The number of benzene rings is 1. The average Bonchev–Trinajstić information content (AvgIpc) is 2.67. The molecule has 0 radical (unpaired) electrons. The van der Waals surface area contributed by atoms with Crippen LogP contribution in [0.1, 0.15) is 10.4 Å². The van der Waals surface area contributed by atoms with E-state index < -0.39 is 0 Å². The van der Waals surface area contributed by atoms with Crippen molar-refractivity contribution in [3.8, 4) is 0 Å². The van der Waals surface area contributed by atoms with E-state index in [2.05, 4.69) is 15.5 Å². The predicted molar refractivity (Wildman–Crippen MR) is 59.8 cm³/mol. The molecule has 0 N–H and O–H groups in total. The summed E-state index contributed by atoms with van der Waals surface area (Å²) in [6, 6.07) is 5.08. The van der Waals surface area contributed by atoms with Crippen molar-refractivity contribution >= 4 is 29.6 Å². The Kier molecular flexibility index (Phi) is 3.21. The minimum Gasteiger partial charge on any atom is -0.298 e. The second kappa shape index (κ2) is 4.63. The van der Waals surface area contributed by atoms with E-state index in [0.29, 0.717) is 15.7 Å².